The maximum absolute atomic E-state index is 12.3. The quantitative estimate of drug-likeness (QED) is 0.0251. The number of nitrogens with two attached hydrogens (primary N) is 1. The molecule has 0 radical (unpaired) electrons. The number of aliphatic carboxylic acids is 1. The molecular weight excluding hydrogens is 933 g/mol. The molecule has 2 atom stereocenters. The van der Waals surface area contributed by atoms with E-state index < -0.39 is 53.3 Å². The highest BCUT2D eigenvalue weighted by atomic mass is 35.5. The van der Waals surface area contributed by atoms with Gasteiger partial charge in [-0.05, 0) is 99.3 Å². The van der Waals surface area contributed by atoms with E-state index in [4.69, 9.17) is 48.3 Å². The number of Topliss-reactive ketones (excluding diaryl/α,β-unsaturated/α-hetero) is 1. The van der Waals surface area contributed by atoms with Gasteiger partial charge >= 0.3 is 30.1 Å². The average Bonchev–Trinajstić information content (AvgIpc) is 3.74. The number of hydrogen-bond donors (Lipinski definition) is 4. The van der Waals surface area contributed by atoms with Crippen molar-refractivity contribution in [2.45, 2.75) is 155 Å². The molecule has 388 valence electrons. The molecule has 5 N–H and O–H groups in total. The Balaban J connectivity index is 0. The predicted molar refractivity (Wildman–Crippen MR) is 254 cm³/mol. The zero-order valence-corrected chi connectivity index (χ0v) is 42.5. The monoisotopic (exact) mass is 1010 g/mol. The first kappa shape index (κ1) is 65.0. The van der Waals surface area contributed by atoms with E-state index in [1.165, 1.54) is 48.3 Å². The summed E-state index contributed by atoms with van der Waals surface area (Å²) in [4.78, 5) is 116. The number of halogens is 2. The number of ether oxygens (including phenoxy) is 4. The molecule has 2 unspecified atom stereocenters. The van der Waals surface area contributed by atoms with Crippen molar-refractivity contribution in [1.29, 1.82) is 0 Å². The van der Waals surface area contributed by atoms with Crippen LogP contribution in [0.1, 0.15) is 138 Å². The number of unbranched alkanes of at least 4 members (excludes halogenated alkanes) is 6. The maximum atomic E-state index is 12.3. The summed E-state index contributed by atoms with van der Waals surface area (Å²) in [5, 5.41) is 13.9. The number of hydrogen-bond acceptors (Lipinski definition) is 15. The molecule has 6 amide bonds. The SMILES string of the molecule is COC(=O)C(CCCCNC(=O)OC(C)(C)C)CC(=O)CCCCCN1C(=O)C=CC1=O.COC(=O)C(N)CCCCNC(=O)OC(C)(C)C.ClCCl.O=C(O)CCCCCN1C(=O)C=CC1=O. The zero-order valence-electron chi connectivity index (χ0n) is 41.0. The molecule has 20 nitrogen and oxygen atoms in total. The van der Waals surface area contributed by atoms with E-state index in [1.54, 1.807) is 20.8 Å². The van der Waals surface area contributed by atoms with Gasteiger partial charge < -0.3 is 40.4 Å². The lowest BCUT2D eigenvalue weighted by Gasteiger charge is -2.19. The summed E-state index contributed by atoms with van der Waals surface area (Å²) in [6.45, 7) is 12.4. The fourth-order valence-corrected chi connectivity index (χ4v) is 5.93. The first-order chi connectivity index (χ1) is 31.8. The lowest BCUT2D eigenvalue weighted by Crippen LogP contribution is -2.33. The molecule has 0 aliphatic carbocycles. The third kappa shape index (κ3) is 35.1. The minimum Gasteiger partial charge on any atom is -0.481 e. The lowest BCUT2D eigenvalue weighted by molar-refractivity contribution is -0.147. The Morgan fingerprint density at radius 3 is 1.35 bits per heavy atom. The van der Waals surface area contributed by atoms with Gasteiger partial charge in [-0.2, -0.15) is 0 Å². The van der Waals surface area contributed by atoms with Crippen molar-refractivity contribution in [2.24, 2.45) is 11.7 Å². The Labute approximate surface area is 410 Å². The highest BCUT2D eigenvalue weighted by Crippen LogP contribution is 2.18. The smallest absolute Gasteiger partial charge is 0.407 e. The third-order valence-electron chi connectivity index (χ3n) is 9.18. The van der Waals surface area contributed by atoms with E-state index in [9.17, 15) is 47.9 Å². The Morgan fingerprint density at radius 2 is 0.985 bits per heavy atom. The van der Waals surface area contributed by atoms with Crippen molar-refractivity contribution in [3.8, 4) is 0 Å². The summed E-state index contributed by atoms with van der Waals surface area (Å²) >= 11 is 9.53. The number of nitrogens with zero attached hydrogens (tertiary/aromatic N) is 2. The second-order valence-corrected chi connectivity index (χ2v) is 18.2. The van der Waals surface area contributed by atoms with Crippen LogP contribution in [0.5, 0.6) is 0 Å². The number of carbonyl (C=O) groups excluding carboxylic acids is 9. The molecule has 0 aromatic carbocycles. The molecule has 0 spiro atoms. The average molecular weight is 1010 g/mol. The van der Waals surface area contributed by atoms with E-state index in [2.05, 4.69) is 15.4 Å². The molecular formula is C46H75Cl2N5O15. The summed E-state index contributed by atoms with van der Waals surface area (Å²) in [6.07, 6.45) is 12.5. The number of carboxylic acids is 1. The number of nitrogens with one attached hydrogen (secondary N) is 2. The zero-order chi connectivity index (χ0) is 52.3. The number of methoxy groups -OCH3 is 2. The van der Waals surface area contributed by atoms with Gasteiger partial charge in [-0.25, -0.2) is 9.59 Å². The Kier molecular flexibility index (Phi) is 35.3. The first-order valence-corrected chi connectivity index (χ1v) is 23.7. The van der Waals surface area contributed by atoms with Gasteiger partial charge in [0.1, 0.15) is 23.0 Å². The van der Waals surface area contributed by atoms with Gasteiger partial charge in [-0.3, -0.25) is 48.2 Å². The Hall–Kier alpha value is -5.08. The largest absolute Gasteiger partial charge is 0.481 e. The number of alkyl halides is 2. The van der Waals surface area contributed by atoms with Crippen LogP contribution in [0, 0.1) is 5.92 Å². The molecule has 0 bridgehead atoms. The normalized spacial score (nSPS) is 13.8. The summed E-state index contributed by atoms with van der Waals surface area (Å²) in [5.74, 6) is -3.29. The predicted octanol–water partition coefficient (Wildman–Crippen LogP) is 6.07. The second-order valence-electron chi connectivity index (χ2n) is 17.4. The number of ketones is 1. The molecule has 2 heterocycles. The minimum atomic E-state index is -0.815. The van der Waals surface area contributed by atoms with Crippen LogP contribution in [0.3, 0.4) is 0 Å². The standard InChI is InChI=1S/C23H36N2O7.C12H24N2O4.C10H13NO4.CH2Cl2/c1-23(2,3)32-22(30)24-14-8-7-10-17(21(29)31-4)16-18(26)11-6-5-9-15-25-19(27)12-13-20(25)28;1-12(2,3)18-11(16)14-8-6-5-7-9(13)10(15)17-4;12-8-5-6-9(13)11(8)7-3-1-2-4-10(14)15;2-1-3/h12-13,17H,5-11,14-16H2,1-4H3,(H,24,30);9H,5-8,13H2,1-4H3,(H,14,16);5-6H,1-4,7H2,(H,14,15);1H2. The summed E-state index contributed by atoms with van der Waals surface area (Å²) in [5.41, 5.74) is 4.52. The van der Waals surface area contributed by atoms with Crippen LogP contribution in [0.4, 0.5) is 9.59 Å². The topological polar surface area (TPSA) is 284 Å². The van der Waals surface area contributed by atoms with Crippen molar-refractivity contribution in [3.05, 3.63) is 24.3 Å². The summed E-state index contributed by atoms with van der Waals surface area (Å²) < 4.78 is 19.6. The van der Waals surface area contributed by atoms with Gasteiger partial charge in [-0.15, -0.1) is 23.2 Å². The Morgan fingerprint density at radius 1 is 0.603 bits per heavy atom. The van der Waals surface area contributed by atoms with Gasteiger partial charge in [0.25, 0.3) is 23.6 Å². The molecule has 0 aromatic heterocycles. The number of esters is 2. The lowest BCUT2D eigenvalue weighted by atomic mass is 9.94. The van der Waals surface area contributed by atoms with Gasteiger partial charge in [0.15, 0.2) is 0 Å². The van der Waals surface area contributed by atoms with Crippen molar-refractivity contribution >= 4 is 82.7 Å². The maximum Gasteiger partial charge on any atom is 0.407 e. The fraction of sp³-hybridized carbons (Fsp3) is 0.696. The van der Waals surface area contributed by atoms with Crippen molar-refractivity contribution in [2.75, 3.05) is 45.7 Å². The van der Waals surface area contributed by atoms with Crippen molar-refractivity contribution in [3.63, 3.8) is 0 Å². The van der Waals surface area contributed by atoms with Crippen LogP contribution in [-0.4, -0.2) is 137 Å². The molecule has 22 heteroatoms. The van der Waals surface area contributed by atoms with Crippen LogP contribution >= 0.6 is 23.2 Å². The molecule has 68 heavy (non-hydrogen) atoms. The number of carboxylic acid groups (broad SMARTS) is 1. The first-order valence-electron chi connectivity index (χ1n) is 22.6. The van der Waals surface area contributed by atoms with E-state index in [1.807, 2.05) is 20.8 Å². The summed E-state index contributed by atoms with van der Waals surface area (Å²) in [7, 11) is 2.62. The molecule has 0 fully saturated rings. The molecule has 2 aliphatic heterocycles. The van der Waals surface area contributed by atoms with Gasteiger partial charge in [-0.1, -0.05) is 19.3 Å². The number of alkyl carbamates (subject to hydrolysis) is 2. The molecule has 0 aromatic rings. The molecule has 0 saturated heterocycles. The highest BCUT2D eigenvalue weighted by molar-refractivity contribution is 6.40. The van der Waals surface area contributed by atoms with Crippen LogP contribution in [0.15, 0.2) is 24.3 Å². The van der Waals surface area contributed by atoms with E-state index in [-0.39, 0.29) is 47.6 Å². The summed E-state index contributed by atoms with van der Waals surface area (Å²) in [6, 6.07) is -0.587. The number of rotatable bonds is 26. The van der Waals surface area contributed by atoms with Gasteiger partial charge in [0.05, 0.1) is 25.5 Å². The fourth-order valence-electron chi connectivity index (χ4n) is 5.93. The number of carbonyl (C=O) groups is 10. The van der Waals surface area contributed by atoms with E-state index >= 15 is 0 Å². The molecule has 2 rings (SSSR count). The second kappa shape index (κ2) is 36.9. The van der Waals surface area contributed by atoms with Gasteiger partial charge in [0, 0.05) is 69.7 Å². The minimum absolute atomic E-state index is 0.0118. The van der Waals surface area contributed by atoms with Crippen LogP contribution in [0.25, 0.3) is 0 Å². The van der Waals surface area contributed by atoms with Crippen LogP contribution in [0.2, 0.25) is 0 Å². The van der Waals surface area contributed by atoms with Crippen LogP contribution in [-0.2, 0) is 57.3 Å². The van der Waals surface area contributed by atoms with Crippen molar-refractivity contribution in [1.82, 2.24) is 20.4 Å². The Bertz CT molecular complexity index is 1640. The number of imide groups is 2. The molecule has 2 aliphatic rings. The highest BCUT2D eigenvalue weighted by Gasteiger charge is 2.25. The van der Waals surface area contributed by atoms with Crippen LogP contribution < -0.4 is 16.4 Å². The number of amides is 6. The van der Waals surface area contributed by atoms with E-state index in [0.29, 0.717) is 96.8 Å². The van der Waals surface area contributed by atoms with Crippen molar-refractivity contribution < 1.29 is 72.0 Å². The van der Waals surface area contributed by atoms with Gasteiger partial charge in [0.2, 0.25) is 0 Å². The molecule has 0 saturated carbocycles. The van der Waals surface area contributed by atoms with E-state index in [0.717, 1.165) is 12.8 Å². The third-order valence-corrected chi connectivity index (χ3v) is 9.18.